The van der Waals surface area contributed by atoms with E-state index in [2.05, 4.69) is 10.6 Å². The van der Waals surface area contributed by atoms with Crippen molar-refractivity contribution in [2.24, 2.45) is 11.8 Å². The molecule has 2 heterocycles. The van der Waals surface area contributed by atoms with Crippen molar-refractivity contribution in [3.05, 3.63) is 0 Å². The molecule has 2 saturated heterocycles. The Kier molecular flexibility index (Phi) is 7.92. The summed E-state index contributed by atoms with van der Waals surface area (Å²) < 4.78 is 5.79. The SMILES string of the molecule is CS[C@H]1OC([C@H](NC(=O)[C@@H]2C[C@@H](CCC3CC3)CN2)[C@H](C)Cl)[C@H](O)[C@H](O)[C@H]1O. The second-order valence-electron chi connectivity index (χ2n) is 8.47. The Morgan fingerprint density at radius 2 is 1.89 bits per heavy atom. The first kappa shape index (κ1) is 22.6. The quantitative estimate of drug-likeness (QED) is 0.351. The van der Waals surface area contributed by atoms with Gasteiger partial charge in [0.05, 0.1) is 17.5 Å². The van der Waals surface area contributed by atoms with Gasteiger partial charge in [0.15, 0.2) is 0 Å². The standard InChI is InChI=1S/C19H33ClN2O5S/c1-9(20)13(17-15(24)14(23)16(25)19(27-17)28-2)22-18(26)12-7-11(8-21-12)6-5-10-3-4-10/h9-17,19,21,23-25H,3-8H2,1-2H3,(H,22,26)/t9-,11+,12-,13+,14-,15+,16+,17?,19+/m0/s1. The summed E-state index contributed by atoms with van der Waals surface area (Å²) in [5.41, 5.74) is -0.699. The third-order valence-electron chi connectivity index (χ3n) is 6.22. The van der Waals surface area contributed by atoms with Crippen LogP contribution in [0.4, 0.5) is 0 Å². The van der Waals surface area contributed by atoms with E-state index >= 15 is 0 Å². The van der Waals surface area contributed by atoms with Gasteiger partial charge >= 0.3 is 0 Å². The minimum atomic E-state index is -1.36. The van der Waals surface area contributed by atoms with Crippen LogP contribution in [0.25, 0.3) is 0 Å². The van der Waals surface area contributed by atoms with E-state index in [-0.39, 0.29) is 11.9 Å². The van der Waals surface area contributed by atoms with Crippen LogP contribution in [0.2, 0.25) is 0 Å². The number of hydrogen-bond acceptors (Lipinski definition) is 7. The van der Waals surface area contributed by atoms with Gasteiger partial charge in [-0.15, -0.1) is 23.4 Å². The van der Waals surface area contributed by atoms with Crippen molar-refractivity contribution in [1.82, 2.24) is 10.6 Å². The van der Waals surface area contributed by atoms with Crippen LogP contribution >= 0.6 is 23.4 Å². The number of rotatable bonds is 8. The van der Waals surface area contributed by atoms with Gasteiger partial charge in [-0.2, -0.15) is 0 Å². The summed E-state index contributed by atoms with van der Waals surface area (Å²) in [7, 11) is 0. The van der Waals surface area contributed by atoms with Gasteiger partial charge in [-0.1, -0.05) is 19.3 Å². The normalized spacial score (nSPS) is 40.9. The minimum absolute atomic E-state index is 0.163. The summed E-state index contributed by atoms with van der Waals surface area (Å²) in [6.45, 7) is 2.56. The molecule has 162 valence electrons. The summed E-state index contributed by atoms with van der Waals surface area (Å²) >= 11 is 7.55. The molecule has 3 rings (SSSR count). The van der Waals surface area contributed by atoms with Gasteiger partial charge in [0.25, 0.3) is 0 Å². The molecule has 0 aromatic rings. The molecule has 1 amide bonds. The highest BCUT2D eigenvalue weighted by molar-refractivity contribution is 7.99. The fourth-order valence-corrected chi connectivity index (χ4v) is 5.08. The van der Waals surface area contributed by atoms with Gasteiger partial charge in [-0.3, -0.25) is 4.79 Å². The van der Waals surface area contributed by atoms with E-state index in [1.807, 2.05) is 0 Å². The third-order valence-corrected chi connectivity index (χ3v) is 7.34. The molecule has 0 aromatic heterocycles. The molecule has 28 heavy (non-hydrogen) atoms. The van der Waals surface area contributed by atoms with Gasteiger partial charge in [0.2, 0.25) is 5.91 Å². The molecule has 2 aliphatic heterocycles. The molecule has 0 spiro atoms. The second kappa shape index (κ2) is 9.81. The number of thioether (sulfide) groups is 1. The molecular formula is C19H33ClN2O5S. The number of carbonyl (C=O) groups excluding carboxylic acids is 1. The first-order chi connectivity index (χ1) is 13.3. The van der Waals surface area contributed by atoms with Crippen molar-refractivity contribution < 1.29 is 24.9 Å². The van der Waals surface area contributed by atoms with Crippen LogP contribution in [0.5, 0.6) is 0 Å². The van der Waals surface area contributed by atoms with Gasteiger partial charge in [0, 0.05) is 0 Å². The number of ether oxygens (including phenoxy) is 1. The summed E-state index contributed by atoms with van der Waals surface area (Å²) in [5, 5.41) is 36.3. The van der Waals surface area contributed by atoms with Crippen molar-refractivity contribution >= 4 is 29.3 Å². The number of halogens is 1. The van der Waals surface area contributed by atoms with E-state index in [1.165, 1.54) is 31.0 Å². The van der Waals surface area contributed by atoms with Crippen LogP contribution in [0, 0.1) is 11.8 Å². The summed E-state index contributed by atoms with van der Waals surface area (Å²) in [5.74, 6) is 1.24. The number of aliphatic hydroxyl groups excluding tert-OH is 3. The maximum Gasteiger partial charge on any atom is 0.237 e. The highest BCUT2D eigenvalue weighted by atomic mass is 35.5. The molecule has 9 atom stereocenters. The fourth-order valence-electron chi connectivity index (χ4n) is 4.19. The number of hydrogen-bond donors (Lipinski definition) is 5. The Morgan fingerprint density at radius 1 is 1.21 bits per heavy atom. The lowest BCUT2D eigenvalue weighted by molar-refractivity contribution is -0.205. The first-order valence-electron chi connectivity index (χ1n) is 10.2. The van der Waals surface area contributed by atoms with E-state index in [0.717, 1.165) is 25.3 Å². The predicted octanol–water partition coefficient (Wildman–Crippen LogP) is 0.437. The van der Waals surface area contributed by atoms with Crippen molar-refractivity contribution in [1.29, 1.82) is 0 Å². The largest absolute Gasteiger partial charge is 0.388 e. The van der Waals surface area contributed by atoms with Crippen LogP contribution in [-0.2, 0) is 9.53 Å². The lowest BCUT2D eigenvalue weighted by Gasteiger charge is -2.44. The Bertz CT molecular complexity index is 536. The molecule has 0 radical (unpaired) electrons. The average Bonchev–Trinajstić information content (AvgIpc) is 3.38. The van der Waals surface area contributed by atoms with E-state index in [0.29, 0.717) is 5.92 Å². The molecule has 5 N–H and O–H groups in total. The van der Waals surface area contributed by atoms with E-state index in [4.69, 9.17) is 16.3 Å². The molecule has 0 aromatic carbocycles. The smallest absolute Gasteiger partial charge is 0.237 e. The molecule has 9 heteroatoms. The maximum atomic E-state index is 12.8. The van der Waals surface area contributed by atoms with Gasteiger partial charge in [0.1, 0.15) is 29.9 Å². The van der Waals surface area contributed by atoms with Gasteiger partial charge in [-0.05, 0) is 44.4 Å². The van der Waals surface area contributed by atoms with Crippen molar-refractivity contribution in [2.45, 2.75) is 86.3 Å². The van der Waals surface area contributed by atoms with Crippen LogP contribution in [0.3, 0.4) is 0 Å². The zero-order valence-electron chi connectivity index (χ0n) is 16.5. The zero-order valence-corrected chi connectivity index (χ0v) is 18.0. The zero-order chi connectivity index (χ0) is 20.4. The Balaban J connectivity index is 1.58. The summed E-state index contributed by atoms with van der Waals surface area (Å²) in [4.78, 5) is 12.8. The Hall–Kier alpha value is -0.0900. The third kappa shape index (κ3) is 5.33. The Labute approximate surface area is 175 Å². The van der Waals surface area contributed by atoms with Crippen molar-refractivity contribution in [2.75, 3.05) is 12.8 Å². The maximum absolute atomic E-state index is 12.8. The minimum Gasteiger partial charge on any atom is -0.388 e. The highest BCUT2D eigenvalue weighted by Crippen LogP contribution is 2.36. The van der Waals surface area contributed by atoms with Gasteiger partial charge < -0.3 is 30.7 Å². The second-order valence-corrected chi connectivity index (χ2v) is 10.1. The topological polar surface area (TPSA) is 111 Å². The number of alkyl halides is 1. The summed E-state index contributed by atoms with van der Waals surface area (Å²) in [6.07, 6.45) is 2.84. The van der Waals surface area contributed by atoms with Crippen LogP contribution in [-0.4, -0.2) is 81.3 Å². The summed E-state index contributed by atoms with van der Waals surface area (Å²) in [6, 6.07) is -0.969. The van der Waals surface area contributed by atoms with E-state index in [9.17, 15) is 20.1 Å². The molecule has 3 fully saturated rings. The number of aliphatic hydroxyl groups is 3. The Morgan fingerprint density at radius 3 is 2.50 bits per heavy atom. The number of amides is 1. The highest BCUT2D eigenvalue weighted by Gasteiger charge is 2.48. The van der Waals surface area contributed by atoms with Gasteiger partial charge in [-0.25, -0.2) is 0 Å². The molecule has 0 bridgehead atoms. The average molecular weight is 437 g/mol. The predicted molar refractivity (Wildman–Crippen MR) is 109 cm³/mol. The molecule has 7 nitrogen and oxygen atoms in total. The van der Waals surface area contributed by atoms with Crippen molar-refractivity contribution in [3.63, 3.8) is 0 Å². The lowest BCUT2D eigenvalue weighted by Crippen LogP contribution is -2.65. The molecule has 1 aliphatic carbocycles. The van der Waals surface area contributed by atoms with Crippen molar-refractivity contribution in [3.8, 4) is 0 Å². The van der Waals surface area contributed by atoms with Crippen LogP contribution < -0.4 is 10.6 Å². The molecule has 1 unspecified atom stereocenters. The van der Waals surface area contributed by atoms with Crippen LogP contribution in [0.15, 0.2) is 0 Å². The molecule has 1 saturated carbocycles. The van der Waals surface area contributed by atoms with E-state index in [1.54, 1.807) is 13.2 Å². The number of carbonyl (C=O) groups is 1. The molecular weight excluding hydrogens is 404 g/mol. The number of nitrogens with one attached hydrogen (secondary N) is 2. The van der Waals surface area contributed by atoms with E-state index < -0.39 is 41.3 Å². The van der Waals surface area contributed by atoms with Crippen LogP contribution in [0.1, 0.15) is 39.0 Å². The monoisotopic (exact) mass is 436 g/mol. The fraction of sp³-hybridized carbons (Fsp3) is 0.947. The molecule has 3 aliphatic rings. The lowest BCUT2D eigenvalue weighted by atomic mass is 9.92. The first-order valence-corrected chi connectivity index (χ1v) is 11.9.